The van der Waals surface area contributed by atoms with Gasteiger partial charge >= 0.3 is 5.69 Å². The quantitative estimate of drug-likeness (QED) is 0.422. The second-order valence-electron chi connectivity index (χ2n) is 10.3. The normalized spacial score (nSPS) is 31.3. The first kappa shape index (κ1) is 19.1. The summed E-state index contributed by atoms with van der Waals surface area (Å²) >= 11 is 0. The first-order valence-corrected chi connectivity index (χ1v) is 11.4. The number of benzene rings is 1. The number of aromatic nitrogens is 4. The molecule has 2 unspecified atom stereocenters. The van der Waals surface area contributed by atoms with Gasteiger partial charge in [0.05, 0.1) is 10.5 Å². The Balaban J connectivity index is 1.17. The average molecular weight is 449 g/mol. The van der Waals surface area contributed by atoms with Crippen LogP contribution in [0.5, 0.6) is 11.5 Å². The van der Waals surface area contributed by atoms with E-state index in [2.05, 4.69) is 15.3 Å². The Morgan fingerprint density at radius 1 is 1.12 bits per heavy atom. The van der Waals surface area contributed by atoms with Crippen LogP contribution < -0.4 is 9.47 Å². The van der Waals surface area contributed by atoms with Gasteiger partial charge in [0.2, 0.25) is 18.6 Å². The minimum Gasteiger partial charge on any atom is -0.454 e. The standard InChI is InChI=1S/C23H23N5O5/c29-28(30)17-10-24-27(11-17)23-7-14-3-15(8-23)6-22(5-14,12-23)9-20-25-26-21(33-20)16-1-2-18-19(4-16)32-13-31-18/h1-2,4,10-11,14-15H,3,5-9,12-13H2. The number of nitro groups is 1. The van der Waals surface area contributed by atoms with Crippen LogP contribution in [0.25, 0.3) is 11.5 Å². The first-order valence-electron chi connectivity index (χ1n) is 11.4. The van der Waals surface area contributed by atoms with E-state index in [1.807, 2.05) is 22.9 Å². The number of hydrogen-bond donors (Lipinski definition) is 0. The highest BCUT2D eigenvalue weighted by atomic mass is 16.7. The molecule has 4 saturated carbocycles. The van der Waals surface area contributed by atoms with Crippen molar-refractivity contribution in [3.63, 3.8) is 0 Å². The van der Waals surface area contributed by atoms with Gasteiger partial charge < -0.3 is 13.9 Å². The maximum absolute atomic E-state index is 11.2. The van der Waals surface area contributed by atoms with Gasteiger partial charge in [0, 0.05) is 12.0 Å². The molecule has 8 rings (SSSR count). The summed E-state index contributed by atoms with van der Waals surface area (Å²) in [5.74, 6) is 3.73. The molecule has 0 radical (unpaired) electrons. The van der Waals surface area contributed by atoms with Crippen molar-refractivity contribution in [1.82, 2.24) is 20.0 Å². The van der Waals surface area contributed by atoms with Crippen LogP contribution >= 0.6 is 0 Å². The smallest absolute Gasteiger partial charge is 0.307 e. The zero-order valence-corrected chi connectivity index (χ0v) is 18.0. The molecule has 2 aromatic heterocycles. The molecule has 0 amide bonds. The van der Waals surface area contributed by atoms with E-state index in [1.165, 1.54) is 12.6 Å². The molecule has 170 valence electrons. The number of hydrogen-bond acceptors (Lipinski definition) is 8. The Bertz CT molecular complexity index is 1250. The lowest BCUT2D eigenvalue weighted by molar-refractivity contribution is -0.385. The monoisotopic (exact) mass is 449 g/mol. The van der Waals surface area contributed by atoms with Crippen molar-refractivity contribution in [3.8, 4) is 23.0 Å². The summed E-state index contributed by atoms with van der Waals surface area (Å²) in [7, 11) is 0. The van der Waals surface area contributed by atoms with E-state index in [0.717, 1.165) is 49.8 Å². The molecular weight excluding hydrogens is 426 g/mol. The maximum Gasteiger partial charge on any atom is 0.307 e. The predicted molar refractivity (Wildman–Crippen MR) is 114 cm³/mol. The van der Waals surface area contributed by atoms with E-state index >= 15 is 0 Å². The van der Waals surface area contributed by atoms with Crippen LogP contribution in [-0.4, -0.2) is 31.7 Å². The summed E-state index contributed by atoms with van der Waals surface area (Å²) < 4.78 is 18.9. The van der Waals surface area contributed by atoms with Crippen LogP contribution in [0.3, 0.4) is 0 Å². The highest BCUT2D eigenvalue weighted by Gasteiger charge is 2.59. The summed E-state index contributed by atoms with van der Waals surface area (Å²) in [6.45, 7) is 0.222. The SMILES string of the molecule is O=[N+]([O-])c1cnn(C23CC4CC(CC(Cc5nnc(-c6ccc7c(c6)OCO7)o5)(C4)C2)C3)c1. The van der Waals surface area contributed by atoms with Gasteiger partial charge in [-0.15, -0.1) is 10.2 Å². The van der Waals surface area contributed by atoms with Gasteiger partial charge in [-0.05, 0) is 74.0 Å². The number of rotatable bonds is 5. The Hall–Kier alpha value is -3.43. The van der Waals surface area contributed by atoms with Gasteiger partial charge in [-0.2, -0.15) is 5.10 Å². The van der Waals surface area contributed by atoms with Crippen LogP contribution in [0.2, 0.25) is 0 Å². The van der Waals surface area contributed by atoms with Crippen molar-refractivity contribution in [2.75, 3.05) is 6.79 Å². The van der Waals surface area contributed by atoms with E-state index in [0.29, 0.717) is 29.4 Å². The second-order valence-corrected chi connectivity index (χ2v) is 10.3. The lowest BCUT2D eigenvalue weighted by Gasteiger charge is -2.61. The highest BCUT2D eigenvalue weighted by molar-refractivity contribution is 5.60. The third kappa shape index (κ3) is 2.96. The lowest BCUT2D eigenvalue weighted by atomic mass is 9.46. The fraction of sp³-hybridized carbons (Fsp3) is 0.522. The number of nitrogens with zero attached hydrogens (tertiary/aromatic N) is 5. The van der Waals surface area contributed by atoms with Gasteiger partial charge in [0.15, 0.2) is 11.5 Å². The highest BCUT2D eigenvalue weighted by Crippen LogP contribution is 2.65. The topological polar surface area (TPSA) is 118 Å². The van der Waals surface area contributed by atoms with Gasteiger partial charge in [0.25, 0.3) is 0 Å². The minimum absolute atomic E-state index is 0.0590. The van der Waals surface area contributed by atoms with E-state index in [4.69, 9.17) is 13.9 Å². The Morgan fingerprint density at radius 3 is 2.73 bits per heavy atom. The van der Waals surface area contributed by atoms with Crippen LogP contribution in [0.15, 0.2) is 35.0 Å². The first-order chi connectivity index (χ1) is 16.0. The number of fused-ring (bicyclic) bond motifs is 1. The van der Waals surface area contributed by atoms with E-state index in [-0.39, 0.29) is 28.4 Å². The molecule has 0 N–H and O–H groups in total. The van der Waals surface area contributed by atoms with Gasteiger partial charge in [-0.1, -0.05) is 0 Å². The zero-order chi connectivity index (χ0) is 22.2. The van der Waals surface area contributed by atoms with E-state index in [9.17, 15) is 10.1 Å². The molecule has 5 aliphatic rings. The van der Waals surface area contributed by atoms with Crippen LogP contribution in [0.4, 0.5) is 5.69 Å². The second kappa shape index (κ2) is 6.55. The summed E-state index contributed by atoms with van der Waals surface area (Å²) in [5.41, 5.74) is 0.774. The molecule has 2 atom stereocenters. The Labute approximate surface area is 189 Å². The molecule has 4 aliphatic carbocycles. The lowest BCUT2D eigenvalue weighted by Crippen LogP contribution is -2.57. The molecular formula is C23H23N5O5. The Morgan fingerprint density at radius 2 is 1.94 bits per heavy atom. The van der Waals surface area contributed by atoms with Crippen molar-refractivity contribution in [2.24, 2.45) is 17.3 Å². The van der Waals surface area contributed by atoms with Crippen LogP contribution in [0, 0.1) is 27.4 Å². The maximum atomic E-state index is 11.2. The largest absolute Gasteiger partial charge is 0.454 e. The molecule has 0 spiro atoms. The molecule has 4 fully saturated rings. The van der Waals surface area contributed by atoms with Crippen LogP contribution in [-0.2, 0) is 12.0 Å². The van der Waals surface area contributed by atoms with Gasteiger partial charge in [0.1, 0.15) is 12.4 Å². The molecule has 0 saturated heterocycles. The van der Waals surface area contributed by atoms with E-state index in [1.54, 1.807) is 6.20 Å². The van der Waals surface area contributed by atoms with Crippen molar-refractivity contribution in [2.45, 2.75) is 50.5 Å². The van der Waals surface area contributed by atoms with Gasteiger partial charge in [-0.3, -0.25) is 14.8 Å². The van der Waals surface area contributed by atoms with Crippen molar-refractivity contribution in [3.05, 3.63) is 46.6 Å². The average Bonchev–Trinajstić information content (AvgIpc) is 3.52. The molecule has 1 aromatic carbocycles. The third-order valence-electron chi connectivity index (χ3n) is 8.03. The van der Waals surface area contributed by atoms with E-state index < -0.39 is 0 Å². The summed E-state index contributed by atoms with van der Waals surface area (Å²) in [5, 5.41) is 24.4. The third-order valence-corrected chi connectivity index (χ3v) is 8.03. The molecule has 33 heavy (non-hydrogen) atoms. The fourth-order valence-corrected chi connectivity index (χ4v) is 7.34. The number of ether oxygens (including phenoxy) is 2. The molecule has 3 aromatic rings. The van der Waals surface area contributed by atoms with Crippen molar-refractivity contribution in [1.29, 1.82) is 0 Å². The van der Waals surface area contributed by atoms with Crippen molar-refractivity contribution < 1.29 is 18.8 Å². The fourth-order valence-electron chi connectivity index (χ4n) is 7.34. The molecule has 10 heteroatoms. The summed E-state index contributed by atoms with van der Waals surface area (Å²) in [6.07, 6.45) is 10.2. The Kier molecular flexibility index (Phi) is 3.79. The molecule has 3 heterocycles. The molecule has 10 nitrogen and oxygen atoms in total. The van der Waals surface area contributed by atoms with Crippen molar-refractivity contribution >= 4 is 5.69 Å². The minimum atomic E-state index is -0.365. The van der Waals surface area contributed by atoms with Gasteiger partial charge in [-0.25, -0.2) is 0 Å². The molecule has 1 aliphatic heterocycles. The predicted octanol–water partition coefficient (Wildman–Crippen LogP) is 4.11. The summed E-state index contributed by atoms with van der Waals surface area (Å²) in [4.78, 5) is 10.9. The zero-order valence-electron chi connectivity index (χ0n) is 18.0. The van der Waals surface area contributed by atoms with Crippen LogP contribution in [0.1, 0.15) is 44.4 Å². The summed E-state index contributed by atoms with van der Waals surface area (Å²) in [6, 6.07) is 5.62. The molecule has 4 bridgehead atoms.